The number of benzene rings is 1. The Hall–Kier alpha value is -1.88. The fourth-order valence-corrected chi connectivity index (χ4v) is 4.18. The number of hydrogen-bond donors (Lipinski definition) is 2. The molecule has 0 saturated carbocycles. The second kappa shape index (κ2) is 8.67. The summed E-state index contributed by atoms with van der Waals surface area (Å²) >= 11 is 0. The zero-order chi connectivity index (χ0) is 18.5. The predicted molar refractivity (Wildman–Crippen MR) is 102 cm³/mol. The third-order valence-electron chi connectivity index (χ3n) is 5.83. The highest BCUT2D eigenvalue weighted by molar-refractivity contribution is 5.95. The van der Waals surface area contributed by atoms with Gasteiger partial charge in [0.25, 0.3) is 11.8 Å². The number of carbonyl (C=O) groups excluding carboxylic acids is 2. The normalized spacial score (nSPS) is 26.4. The van der Waals surface area contributed by atoms with E-state index in [1.165, 1.54) is 11.3 Å². The van der Waals surface area contributed by atoms with E-state index in [1.54, 1.807) is 0 Å². The molecule has 0 unspecified atom stereocenters. The molecule has 2 amide bonds. The highest BCUT2D eigenvalue weighted by Crippen LogP contribution is 2.15. The summed E-state index contributed by atoms with van der Waals surface area (Å²) in [4.78, 5) is 28.4. The summed E-state index contributed by atoms with van der Waals surface area (Å²) < 4.78 is 0. The maximum absolute atomic E-state index is 12.5. The van der Waals surface area contributed by atoms with Gasteiger partial charge in [-0.15, -0.1) is 0 Å². The second-order valence-corrected chi connectivity index (χ2v) is 8.08. The topological polar surface area (TPSA) is 53.9 Å². The van der Waals surface area contributed by atoms with Crippen LogP contribution in [-0.4, -0.2) is 55.5 Å². The second-order valence-electron chi connectivity index (χ2n) is 8.08. The summed E-state index contributed by atoms with van der Waals surface area (Å²) in [5.41, 5.74) is 1.77. The molecule has 3 rings (SSSR count). The first-order valence-corrected chi connectivity index (χ1v) is 10.0. The van der Waals surface area contributed by atoms with Crippen LogP contribution in [0, 0.1) is 12.8 Å². The lowest BCUT2D eigenvalue weighted by Gasteiger charge is -2.34. The van der Waals surface area contributed by atoms with Crippen molar-refractivity contribution >= 4 is 11.8 Å². The van der Waals surface area contributed by atoms with Crippen LogP contribution in [0.5, 0.6) is 0 Å². The molecule has 1 aromatic carbocycles. The van der Waals surface area contributed by atoms with E-state index in [2.05, 4.69) is 12.2 Å². The van der Waals surface area contributed by atoms with Crippen LogP contribution >= 0.6 is 0 Å². The van der Waals surface area contributed by atoms with Crippen LogP contribution in [0.4, 0.5) is 0 Å². The zero-order valence-electron chi connectivity index (χ0n) is 16.1. The number of nitrogens with one attached hydrogen (secondary N) is 2. The van der Waals surface area contributed by atoms with Crippen LogP contribution in [0.1, 0.15) is 48.5 Å². The van der Waals surface area contributed by atoms with Crippen LogP contribution in [0.2, 0.25) is 0 Å². The number of rotatable bonds is 4. The Kier molecular flexibility index (Phi) is 6.30. The Balaban J connectivity index is 1.43. The molecule has 26 heavy (non-hydrogen) atoms. The minimum absolute atomic E-state index is 0.0231. The van der Waals surface area contributed by atoms with Gasteiger partial charge in [-0.25, -0.2) is 0 Å². The van der Waals surface area contributed by atoms with Gasteiger partial charge < -0.3 is 15.1 Å². The van der Waals surface area contributed by atoms with Crippen molar-refractivity contribution in [3.05, 3.63) is 35.4 Å². The van der Waals surface area contributed by atoms with Gasteiger partial charge in [0.05, 0.1) is 13.1 Å². The molecule has 0 spiro atoms. The van der Waals surface area contributed by atoms with Crippen LogP contribution in [0.3, 0.4) is 0 Å². The first-order valence-electron chi connectivity index (χ1n) is 10.0. The molecule has 2 N–H and O–H groups in total. The molecule has 1 aromatic rings. The molecular weight excluding hydrogens is 326 g/mol. The Morgan fingerprint density at radius 2 is 1.92 bits per heavy atom. The lowest BCUT2D eigenvalue weighted by molar-refractivity contribution is -0.897. The molecule has 0 aromatic heterocycles. The van der Waals surface area contributed by atoms with Crippen molar-refractivity contribution in [2.75, 3.05) is 32.7 Å². The Bertz CT molecular complexity index is 638. The molecule has 0 radical (unpaired) electrons. The van der Waals surface area contributed by atoms with E-state index in [4.69, 9.17) is 0 Å². The van der Waals surface area contributed by atoms with Crippen molar-refractivity contribution in [2.45, 2.75) is 45.6 Å². The number of piperidine rings is 2. The maximum Gasteiger partial charge on any atom is 0.277 e. The largest absolute Gasteiger partial charge is 0.349 e. The number of amides is 2. The number of hydrogen-bond acceptors (Lipinski definition) is 2. The highest BCUT2D eigenvalue weighted by atomic mass is 16.2. The molecule has 142 valence electrons. The molecule has 2 aliphatic heterocycles. The summed E-state index contributed by atoms with van der Waals surface area (Å²) in [5.74, 6) is 0.953. The minimum atomic E-state index is 0.0231. The van der Waals surface area contributed by atoms with E-state index < -0.39 is 0 Å². The van der Waals surface area contributed by atoms with Gasteiger partial charge in [0.15, 0.2) is 6.54 Å². The molecule has 2 heterocycles. The van der Waals surface area contributed by atoms with Crippen molar-refractivity contribution in [3.63, 3.8) is 0 Å². The first-order chi connectivity index (χ1) is 12.5. The van der Waals surface area contributed by atoms with Crippen molar-refractivity contribution in [1.29, 1.82) is 0 Å². The van der Waals surface area contributed by atoms with Crippen molar-refractivity contribution in [1.82, 2.24) is 10.2 Å². The molecule has 0 aliphatic carbocycles. The van der Waals surface area contributed by atoms with Crippen molar-refractivity contribution < 1.29 is 14.5 Å². The third kappa shape index (κ3) is 4.85. The molecule has 5 nitrogen and oxygen atoms in total. The van der Waals surface area contributed by atoms with Gasteiger partial charge in [-0.2, -0.15) is 0 Å². The lowest BCUT2D eigenvalue weighted by Crippen LogP contribution is -3.14. The summed E-state index contributed by atoms with van der Waals surface area (Å²) in [5, 5.41) is 3.17. The number of nitrogens with zero attached hydrogens (tertiary/aromatic N) is 1. The predicted octanol–water partition coefficient (Wildman–Crippen LogP) is 1.03. The highest BCUT2D eigenvalue weighted by Gasteiger charge is 2.28. The Labute approximate surface area is 156 Å². The number of carbonyl (C=O) groups is 2. The van der Waals surface area contributed by atoms with Gasteiger partial charge in [-0.3, -0.25) is 9.59 Å². The summed E-state index contributed by atoms with van der Waals surface area (Å²) in [6.45, 7) is 8.54. The van der Waals surface area contributed by atoms with E-state index in [9.17, 15) is 9.59 Å². The van der Waals surface area contributed by atoms with E-state index >= 15 is 0 Å². The van der Waals surface area contributed by atoms with Crippen LogP contribution in [-0.2, 0) is 4.79 Å². The molecule has 1 atom stereocenters. The summed E-state index contributed by atoms with van der Waals surface area (Å²) in [7, 11) is 0. The number of quaternary nitrogens is 1. The SMILES string of the molecule is Cc1ccccc1C(=O)NC1CC[NH+](CC(=O)N2CCC[C@H](C)C2)CC1. The standard InChI is InChI=1S/C21H31N3O2/c1-16-6-5-11-24(14-16)20(25)15-23-12-9-18(10-13-23)22-21(26)19-8-4-3-7-17(19)2/h3-4,7-8,16,18H,5-6,9-15H2,1-2H3,(H,22,26)/p+1/t16-/m0/s1. The van der Waals surface area contributed by atoms with Crippen LogP contribution in [0.25, 0.3) is 0 Å². The average Bonchev–Trinajstić information content (AvgIpc) is 2.63. The quantitative estimate of drug-likeness (QED) is 0.845. The third-order valence-corrected chi connectivity index (χ3v) is 5.83. The fraction of sp³-hybridized carbons (Fsp3) is 0.619. The smallest absolute Gasteiger partial charge is 0.277 e. The molecule has 2 aliphatic rings. The average molecular weight is 359 g/mol. The van der Waals surface area contributed by atoms with E-state index in [0.29, 0.717) is 18.4 Å². The monoisotopic (exact) mass is 358 g/mol. The first kappa shape index (κ1) is 18.9. The molecule has 0 bridgehead atoms. The van der Waals surface area contributed by atoms with Gasteiger partial charge in [-0.1, -0.05) is 25.1 Å². The minimum Gasteiger partial charge on any atom is -0.349 e. The molecule has 2 fully saturated rings. The van der Waals surface area contributed by atoms with Crippen LogP contribution in [0.15, 0.2) is 24.3 Å². The van der Waals surface area contributed by atoms with E-state index in [0.717, 1.165) is 56.6 Å². The van der Waals surface area contributed by atoms with Crippen molar-refractivity contribution in [2.24, 2.45) is 5.92 Å². The molecule has 5 heteroatoms. The van der Waals surface area contributed by atoms with Gasteiger partial charge in [-0.05, 0) is 37.3 Å². The van der Waals surface area contributed by atoms with Gasteiger partial charge in [0.1, 0.15) is 0 Å². The molecule has 2 saturated heterocycles. The molecular formula is C21H32N3O2+. The number of aryl methyl sites for hydroxylation is 1. The Morgan fingerprint density at radius 1 is 1.19 bits per heavy atom. The van der Waals surface area contributed by atoms with Crippen molar-refractivity contribution in [3.8, 4) is 0 Å². The van der Waals surface area contributed by atoms with Crippen LogP contribution < -0.4 is 10.2 Å². The maximum atomic E-state index is 12.5. The summed E-state index contributed by atoms with van der Waals surface area (Å²) in [6.07, 6.45) is 4.26. The Morgan fingerprint density at radius 3 is 2.62 bits per heavy atom. The van der Waals surface area contributed by atoms with E-state index in [-0.39, 0.29) is 11.9 Å². The van der Waals surface area contributed by atoms with Gasteiger partial charge in [0.2, 0.25) is 0 Å². The number of likely N-dealkylation sites (tertiary alicyclic amines) is 2. The van der Waals surface area contributed by atoms with Gasteiger partial charge in [0, 0.05) is 37.5 Å². The van der Waals surface area contributed by atoms with E-state index in [1.807, 2.05) is 36.1 Å². The van der Waals surface area contributed by atoms with Gasteiger partial charge >= 0.3 is 0 Å². The fourth-order valence-electron chi connectivity index (χ4n) is 4.18. The summed E-state index contributed by atoms with van der Waals surface area (Å²) in [6, 6.07) is 7.92. The lowest BCUT2D eigenvalue weighted by atomic mass is 10.00. The zero-order valence-corrected chi connectivity index (χ0v) is 16.1.